The summed E-state index contributed by atoms with van der Waals surface area (Å²) in [6.45, 7) is 6.51. The number of carbonyl (C=O) groups excluding carboxylic acids is 2. The van der Waals surface area contributed by atoms with E-state index in [9.17, 15) is 9.59 Å². The smallest absolute Gasteiger partial charge is 0.245 e. The number of carbonyl (C=O) groups is 2. The zero-order valence-electron chi connectivity index (χ0n) is 17.3. The fraction of sp³-hybridized carbons (Fsp3) is 0.500. The standard InChI is InChI=1S/C22H28N4O4/c1-16-13-20(24-30-16)23-21(27)15-26(8-7-25-9-11-29-12-10-25)22(28)19-14-18(19)17-5-3-2-4-6-17/h2-6,13,18-19H,7-12,14-15H2,1H3,(H,23,24,27)/p+1/t18-,19-/m0/s1. The maximum absolute atomic E-state index is 13.2. The number of nitrogens with one attached hydrogen (secondary N) is 2. The summed E-state index contributed by atoms with van der Waals surface area (Å²) in [7, 11) is 0. The fourth-order valence-corrected chi connectivity index (χ4v) is 4.02. The largest absolute Gasteiger partial charge is 0.370 e. The van der Waals surface area contributed by atoms with Gasteiger partial charge in [0.15, 0.2) is 5.82 Å². The molecule has 4 rings (SSSR count). The molecule has 1 aromatic carbocycles. The average Bonchev–Trinajstić information content (AvgIpc) is 3.47. The van der Waals surface area contributed by atoms with Crippen LogP contribution in [0.3, 0.4) is 0 Å². The highest BCUT2D eigenvalue weighted by Gasteiger charge is 2.46. The molecule has 2 fully saturated rings. The van der Waals surface area contributed by atoms with Crippen LogP contribution < -0.4 is 10.2 Å². The summed E-state index contributed by atoms with van der Waals surface area (Å²) in [5, 5.41) is 6.52. The molecule has 30 heavy (non-hydrogen) atoms. The zero-order chi connectivity index (χ0) is 20.9. The lowest BCUT2D eigenvalue weighted by Crippen LogP contribution is -3.14. The quantitative estimate of drug-likeness (QED) is 0.657. The van der Waals surface area contributed by atoms with Crippen molar-refractivity contribution in [1.29, 1.82) is 0 Å². The number of aromatic nitrogens is 1. The second-order valence-electron chi connectivity index (χ2n) is 8.10. The van der Waals surface area contributed by atoms with Gasteiger partial charge in [0, 0.05) is 12.0 Å². The third-order valence-electron chi connectivity index (χ3n) is 5.81. The van der Waals surface area contributed by atoms with Crippen molar-refractivity contribution in [3.8, 4) is 0 Å². The SMILES string of the molecule is Cc1cc(NC(=O)CN(CC[NH+]2CCOCC2)C(=O)[C@H]2C[C@H]2c2ccccc2)no1. The van der Waals surface area contributed by atoms with E-state index < -0.39 is 0 Å². The van der Waals surface area contributed by atoms with Crippen molar-refractivity contribution < 1.29 is 23.7 Å². The molecule has 2 amide bonds. The molecular weight excluding hydrogens is 384 g/mol. The molecular formula is C22H29N4O4+. The highest BCUT2D eigenvalue weighted by atomic mass is 16.5. The van der Waals surface area contributed by atoms with E-state index in [1.54, 1.807) is 17.9 Å². The van der Waals surface area contributed by atoms with Crippen molar-refractivity contribution in [2.45, 2.75) is 19.3 Å². The van der Waals surface area contributed by atoms with E-state index in [-0.39, 0.29) is 30.2 Å². The van der Waals surface area contributed by atoms with Crippen LogP contribution in [0, 0.1) is 12.8 Å². The van der Waals surface area contributed by atoms with E-state index in [2.05, 4.69) is 22.6 Å². The summed E-state index contributed by atoms with van der Waals surface area (Å²) in [5.41, 5.74) is 1.19. The van der Waals surface area contributed by atoms with Gasteiger partial charge in [0.05, 0.1) is 26.3 Å². The Labute approximate surface area is 176 Å². The second kappa shape index (κ2) is 9.40. The number of hydrogen-bond donors (Lipinski definition) is 2. The van der Waals surface area contributed by atoms with E-state index in [4.69, 9.17) is 9.26 Å². The Morgan fingerprint density at radius 3 is 2.70 bits per heavy atom. The van der Waals surface area contributed by atoms with E-state index >= 15 is 0 Å². The van der Waals surface area contributed by atoms with Crippen LogP contribution in [-0.4, -0.2) is 67.8 Å². The van der Waals surface area contributed by atoms with Crippen LogP contribution in [0.5, 0.6) is 0 Å². The first-order valence-corrected chi connectivity index (χ1v) is 10.6. The van der Waals surface area contributed by atoms with Gasteiger partial charge in [-0.1, -0.05) is 35.5 Å². The third-order valence-corrected chi connectivity index (χ3v) is 5.81. The number of amides is 2. The Kier molecular flexibility index (Phi) is 6.44. The van der Waals surface area contributed by atoms with Gasteiger partial charge in [-0.3, -0.25) is 9.59 Å². The van der Waals surface area contributed by atoms with Crippen LogP contribution in [0.1, 0.15) is 23.7 Å². The van der Waals surface area contributed by atoms with Gasteiger partial charge in [0.2, 0.25) is 11.8 Å². The average molecular weight is 413 g/mol. The van der Waals surface area contributed by atoms with Crippen molar-refractivity contribution in [1.82, 2.24) is 10.1 Å². The van der Waals surface area contributed by atoms with Gasteiger partial charge in [-0.05, 0) is 24.8 Å². The molecule has 2 atom stereocenters. The van der Waals surface area contributed by atoms with Crippen LogP contribution in [0.25, 0.3) is 0 Å². The predicted octanol–water partition coefficient (Wildman–Crippen LogP) is 0.469. The number of ether oxygens (including phenoxy) is 1. The highest BCUT2D eigenvalue weighted by Crippen LogP contribution is 2.48. The Morgan fingerprint density at radius 1 is 1.23 bits per heavy atom. The van der Waals surface area contributed by atoms with Gasteiger partial charge in [0.25, 0.3) is 0 Å². The molecule has 1 saturated heterocycles. The van der Waals surface area contributed by atoms with Gasteiger partial charge in [-0.25, -0.2) is 0 Å². The van der Waals surface area contributed by atoms with Gasteiger partial charge >= 0.3 is 0 Å². The van der Waals surface area contributed by atoms with Crippen LogP contribution >= 0.6 is 0 Å². The second-order valence-corrected chi connectivity index (χ2v) is 8.10. The van der Waals surface area contributed by atoms with Crippen molar-refractivity contribution >= 4 is 17.6 Å². The molecule has 2 aliphatic rings. The molecule has 0 unspecified atom stereocenters. The molecule has 8 heteroatoms. The summed E-state index contributed by atoms with van der Waals surface area (Å²) in [4.78, 5) is 28.9. The summed E-state index contributed by atoms with van der Waals surface area (Å²) >= 11 is 0. The summed E-state index contributed by atoms with van der Waals surface area (Å²) in [6.07, 6.45) is 0.841. The number of hydrogen-bond acceptors (Lipinski definition) is 5. The normalized spacial score (nSPS) is 21.2. The summed E-state index contributed by atoms with van der Waals surface area (Å²) < 4.78 is 10.4. The van der Waals surface area contributed by atoms with Gasteiger partial charge in [-0.15, -0.1) is 0 Å². The first-order chi connectivity index (χ1) is 14.6. The summed E-state index contributed by atoms with van der Waals surface area (Å²) in [5.74, 6) is 0.996. The lowest BCUT2D eigenvalue weighted by Gasteiger charge is -2.28. The molecule has 160 valence electrons. The predicted molar refractivity (Wildman–Crippen MR) is 110 cm³/mol. The Balaban J connectivity index is 1.38. The minimum atomic E-state index is -0.259. The van der Waals surface area contributed by atoms with Gasteiger partial charge in [0.1, 0.15) is 25.4 Å². The Morgan fingerprint density at radius 2 is 2.00 bits per heavy atom. The molecule has 1 aromatic heterocycles. The number of aryl methyl sites for hydroxylation is 1. The van der Waals surface area contributed by atoms with Crippen LogP contribution in [-0.2, 0) is 14.3 Å². The van der Waals surface area contributed by atoms with E-state index in [0.29, 0.717) is 18.1 Å². The molecule has 0 radical (unpaired) electrons. The molecule has 1 aliphatic carbocycles. The van der Waals surface area contributed by atoms with Crippen LogP contribution in [0.2, 0.25) is 0 Å². The number of rotatable bonds is 8. The number of anilines is 1. The monoisotopic (exact) mass is 413 g/mol. The van der Waals surface area contributed by atoms with Crippen molar-refractivity contribution in [2.75, 3.05) is 51.3 Å². The molecule has 1 aliphatic heterocycles. The first-order valence-electron chi connectivity index (χ1n) is 10.6. The van der Waals surface area contributed by atoms with Gasteiger partial charge in [-0.2, -0.15) is 0 Å². The van der Waals surface area contributed by atoms with Crippen molar-refractivity contribution in [2.24, 2.45) is 5.92 Å². The lowest BCUT2D eigenvalue weighted by molar-refractivity contribution is -0.907. The highest BCUT2D eigenvalue weighted by molar-refractivity contribution is 5.94. The van der Waals surface area contributed by atoms with E-state index in [1.165, 1.54) is 10.5 Å². The Bertz CT molecular complexity index is 863. The zero-order valence-corrected chi connectivity index (χ0v) is 17.3. The maximum Gasteiger partial charge on any atom is 0.245 e. The first kappa shape index (κ1) is 20.6. The maximum atomic E-state index is 13.2. The van der Waals surface area contributed by atoms with E-state index in [0.717, 1.165) is 39.3 Å². The minimum Gasteiger partial charge on any atom is -0.370 e. The summed E-state index contributed by atoms with van der Waals surface area (Å²) in [6, 6.07) is 11.8. The topological polar surface area (TPSA) is 89.1 Å². The molecule has 8 nitrogen and oxygen atoms in total. The number of benzene rings is 1. The third kappa shape index (κ3) is 5.25. The number of quaternary nitrogens is 1. The van der Waals surface area contributed by atoms with Crippen LogP contribution in [0.4, 0.5) is 5.82 Å². The van der Waals surface area contributed by atoms with Crippen LogP contribution in [0.15, 0.2) is 40.9 Å². The molecule has 2 heterocycles. The van der Waals surface area contributed by atoms with Crippen molar-refractivity contribution in [3.63, 3.8) is 0 Å². The Hall–Kier alpha value is -2.71. The van der Waals surface area contributed by atoms with Crippen molar-refractivity contribution in [3.05, 3.63) is 47.7 Å². The molecule has 1 saturated carbocycles. The number of morpholine rings is 1. The molecule has 0 bridgehead atoms. The molecule has 2 aromatic rings. The minimum absolute atomic E-state index is 0.0204. The lowest BCUT2D eigenvalue weighted by atomic mass is 10.1. The number of nitrogens with zero attached hydrogens (tertiary/aromatic N) is 2. The molecule has 2 N–H and O–H groups in total. The van der Waals surface area contributed by atoms with Gasteiger partial charge < -0.3 is 24.4 Å². The fourth-order valence-electron chi connectivity index (χ4n) is 4.02. The molecule has 0 spiro atoms. The van der Waals surface area contributed by atoms with E-state index in [1.807, 2.05) is 18.2 Å².